The number of oxazole rings is 1. The van der Waals surface area contributed by atoms with Crippen molar-refractivity contribution in [1.82, 2.24) is 9.55 Å². The second-order valence-corrected chi connectivity index (χ2v) is 4.84. The number of rotatable bonds is 4. The summed E-state index contributed by atoms with van der Waals surface area (Å²) < 4.78 is 6.28. The summed E-state index contributed by atoms with van der Waals surface area (Å²) in [6, 6.07) is 10.9. The number of nitrogens with zero attached hydrogens (tertiary/aromatic N) is 2. The minimum Gasteiger partial charge on any atom is -0.406 e. The predicted molar refractivity (Wildman–Crippen MR) is 82.7 cm³/mol. The summed E-state index contributed by atoms with van der Waals surface area (Å²) in [7, 11) is 0. The second-order valence-electron chi connectivity index (χ2n) is 4.84. The molecule has 0 aliphatic carbocycles. The van der Waals surface area contributed by atoms with Crippen LogP contribution in [0.2, 0.25) is 0 Å². The summed E-state index contributed by atoms with van der Waals surface area (Å²) in [6.45, 7) is 1.88. The first-order chi connectivity index (χ1) is 10.7. The zero-order chi connectivity index (χ0) is 15.5. The molecule has 0 saturated heterocycles. The number of para-hydroxylation sites is 1. The lowest BCUT2D eigenvalue weighted by molar-refractivity contribution is -0.116. The van der Waals surface area contributed by atoms with Crippen LogP contribution in [0.1, 0.15) is 12.5 Å². The largest absolute Gasteiger partial charge is 0.421 e. The molecule has 22 heavy (non-hydrogen) atoms. The van der Waals surface area contributed by atoms with E-state index in [1.165, 1.54) is 4.57 Å². The van der Waals surface area contributed by atoms with Crippen LogP contribution in [0.3, 0.4) is 0 Å². The maximum Gasteiger partial charge on any atom is 0.421 e. The van der Waals surface area contributed by atoms with Crippen LogP contribution in [0.4, 0.5) is 5.69 Å². The van der Waals surface area contributed by atoms with Crippen LogP contribution in [0.5, 0.6) is 0 Å². The Kier molecular flexibility index (Phi) is 3.74. The van der Waals surface area contributed by atoms with Crippen molar-refractivity contribution < 1.29 is 9.21 Å². The van der Waals surface area contributed by atoms with Gasteiger partial charge in [-0.1, -0.05) is 25.1 Å². The molecule has 0 unspecified atom stereocenters. The number of anilines is 1. The topological polar surface area (TPSA) is 77.1 Å². The van der Waals surface area contributed by atoms with Crippen molar-refractivity contribution in [2.45, 2.75) is 19.9 Å². The molecule has 1 N–H and O–H groups in total. The molecule has 0 aliphatic rings. The fraction of sp³-hybridized carbons (Fsp3) is 0.188. The fourth-order valence-electron chi connectivity index (χ4n) is 2.32. The lowest BCUT2D eigenvalue weighted by Gasteiger charge is -2.09. The van der Waals surface area contributed by atoms with E-state index in [1.54, 1.807) is 18.3 Å². The Labute approximate surface area is 126 Å². The zero-order valence-corrected chi connectivity index (χ0v) is 12.1. The SMILES string of the molecule is CCc1ccccc1NC(=O)Cn1c(=O)oc2cccnc21. The molecule has 0 atom stereocenters. The van der Waals surface area contributed by atoms with E-state index >= 15 is 0 Å². The highest BCUT2D eigenvalue weighted by molar-refractivity contribution is 5.92. The number of hydrogen-bond acceptors (Lipinski definition) is 4. The van der Waals surface area contributed by atoms with Gasteiger partial charge in [0.1, 0.15) is 6.54 Å². The van der Waals surface area contributed by atoms with Crippen molar-refractivity contribution in [2.24, 2.45) is 0 Å². The van der Waals surface area contributed by atoms with Gasteiger partial charge >= 0.3 is 5.76 Å². The Morgan fingerprint density at radius 3 is 2.91 bits per heavy atom. The van der Waals surface area contributed by atoms with E-state index in [4.69, 9.17) is 4.42 Å². The van der Waals surface area contributed by atoms with Gasteiger partial charge in [0.15, 0.2) is 11.2 Å². The summed E-state index contributed by atoms with van der Waals surface area (Å²) in [5.74, 6) is -0.885. The molecule has 3 rings (SSSR count). The summed E-state index contributed by atoms with van der Waals surface area (Å²) in [5.41, 5.74) is 2.53. The molecule has 112 valence electrons. The van der Waals surface area contributed by atoms with Crippen LogP contribution in [0.15, 0.2) is 51.8 Å². The molecule has 6 nitrogen and oxygen atoms in total. The van der Waals surface area contributed by atoms with Gasteiger partial charge in [-0.05, 0) is 30.2 Å². The van der Waals surface area contributed by atoms with Gasteiger partial charge in [-0.2, -0.15) is 0 Å². The molecule has 2 heterocycles. The molecular formula is C16H15N3O3. The molecule has 0 saturated carbocycles. The van der Waals surface area contributed by atoms with Gasteiger partial charge in [0, 0.05) is 11.9 Å². The van der Waals surface area contributed by atoms with E-state index in [9.17, 15) is 9.59 Å². The van der Waals surface area contributed by atoms with E-state index < -0.39 is 5.76 Å². The smallest absolute Gasteiger partial charge is 0.406 e. The molecule has 0 spiro atoms. The monoisotopic (exact) mass is 297 g/mol. The number of fused-ring (bicyclic) bond motifs is 1. The van der Waals surface area contributed by atoms with Crippen molar-refractivity contribution >= 4 is 22.8 Å². The summed E-state index contributed by atoms with van der Waals surface area (Å²) in [6.07, 6.45) is 2.37. The molecule has 0 radical (unpaired) electrons. The van der Waals surface area contributed by atoms with Gasteiger partial charge in [0.2, 0.25) is 5.91 Å². The Morgan fingerprint density at radius 2 is 2.09 bits per heavy atom. The average molecular weight is 297 g/mol. The van der Waals surface area contributed by atoms with Crippen LogP contribution >= 0.6 is 0 Å². The van der Waals surface area contributed by atoms with Crippen molar-refractivity contribution in [2.75, 3.05) is 5.32 Å². The van der Waals surface area contributed by atoms with E-state index in [-0.39, 0.29) is 12.5 Å². The molecule has 1 amide bonds. The molecule has 0 aliphatic heterocycles. The van der Waals surface area contributed by atoms with Crippen LogP contribution in [-0.2, 0) is 17.8 Å². The first kappa shape index (κ1) is 14.1. The van der Waals surface area contributed by atoms with Gasteiger partial charge in [0.25, 0.3) is 0 Å². The van der Waals surface area contributed by atoms with Gasteiger partial charge < -0.3 is 9.73 Å². The summed E-state index contributed by atoms with van der Waals surface area (Å²) in [5, 5.41) is 2.82. The van der Waals surface area contributed by atoms with Gasteiger partial charge in [-0.25, -0.2) is 14.3 Å². The van der Waals surface area contributed by atoms with Crippen LogP contribution in [-0.4, -0.2) is 15.5 Å². The third-order valence-corrected chi connectivity index (χ3v) is 3.40. The lowest BCUT2D eigenvalue weighted by Crippen LogP contribution is -2.25. The summed E-state index contributed by atoms with van der Waals surface area (Å²) in [4.78, 5) is 28.1. The minimum atomic E-state index is -0.590. The first-order valence-corrected chi connectivity index (χ1v) is 7.01. The van der Waals surface area contributed by atoms with Gasteiger partial charge in [0.05, 0.1) is 0 Å². The number of carbonyl (C=O) groups excluding carboxylic acids is 1. The second kappa shape index (κ2) is 5.85. The first-order valence-electron chi connectivity index (χ1n) is 7.01. The summed E-state index contributed by atoms with van der Waals surface area (Å²) >= 11 is 0. The number of amides is 1. The highest BCUT2D eigenvalue weighted by atomic mass is 16.4. The lowest BCUT2D eigenvalue weighted by atomic mass is 10.1. The Hall–Kier alpha value is -2.89. The van der Waals surface area contributed by atoms with Crippen LogP contribution in [0, 0.1) is 0 Å². The number of benzene rings is 1. The predicted octanol–water partition coefficient (Wildman–Crippen LogP) is 2.19. The van der Waals surface area contributed by atoms with Gasteiger partial charge in [-0.15, -0.1) is 0 Å². The number of carbonyl (C=O) groups is 1. The van der Waals surface area contributed by atoms with Crippen molar-refractivity contribution in [1.29, 1.82) is 0 Å². The maximum atomic E-state index is 12.2. The zero-order valence-electron chi connectivity index (χ0n) is 12.1. The highest BCUT2D eigenvalue weighted by Gasteiger charge is 2.14. The van der Waals surface area contributed by atoms with Crippen molar-refractivity contribution in [3.8, 4) is 0 Å². The standard InChI is InChI=1S/C16H15N3O3/c1-2-11-6-3-4-7-12(11)18-14(20)10-19-15-13(22-16(19)21)8-5-9-17-15/h3-9H,2,10H2,1H3,(H,18,20). The van der Waals surface area contributed by atoms with Crippen molar-refractivity contribution in [3.05, 3.63) is 58.7 Å². The minimum absolute atomic E-state index is 0.138. The molecule has 0 fully saturated rings. The van der Waals surface area contributed by atoms with Crippen LogP contribution in [0.25, 0.3) is 11.2 Å². The number of hydrogen-bond donors (Lipinski definition) is 1. The third kappa shape index (κ3) is 2.63. The van der Waals surface area contributed by atoms with Crippen molar-refractivity contribution in [3.63, 3.8) is 0 Å². The highest BCUT2D eigenvalue weighted by Crippen LogP contribution is 2.15. The van der Waals surface area contributed by atoms with E-state index in [2.05, 4.69) is 10.3 Å². The molecular weight excluding hydrogens is 282 g/mol. The Balaban J connectivity index is 1.85. The molecule has 0 bridgehead atoms. The maximum absolute atomic E-state index is 12.2. The number of nitrogens with one attached hydrogen (secondary N) is 1. The molecule has 6 heteroatoms. The number of pyridine rings is 1. The molecule has 1 aromatic carbocycles. The Morgan fingerprint density at radius 1 is 1.27 bits per heavy atom. The third-order valence-electron chi connectivity index (χ3n) is 3.40. The van der Waals surface area contributed by atoms with Gasteiger partial charge in [-0.3, -0.25) is 4.79 Å². The van der Waals surface area contributed by atoms with E-state index in [0.717, 1.165) is 17.7 Å². The Bertz CT molecular complexity index is 879. The van der Waals surface area contributed by atoms with Crippen LogP contribution < -0.4 is 11.1 Å². The fourth-order valence-corrected chi connectivity index (χ4v) is 2.32. The van der Waals surface area contributed by atoms with E-state index in [1.807, 2.05) is 31.2 Å². The molecule has 3 aromatic rings. The van der Waals surface area contributed by atoms with E-state index in [0.29, 0.717) is 11.2 Å². The number of aromatic nitrogens is 2. The quantitative estimate of drug-likeness (QED) is 0.800. The molecule has 2 aromatic heterocycles. The number of aryl methyl sites for hydroxylation is 1. The normalized spacial score (nSPS) is 10.8. The average Bonchev–Trinajstić information content (AvgIpc) is 2.84.